The van der Waals surface area contributed by atoms with Crippen LogP contribution >= 0.6 is 7.14 Å². The molecule has 0 fully saturated rings. The SMILES string of the molecule is CCC(CC(=O)O)P(C)(C)=O. The lowest BCUT2D eigenvalue weighted by molar-refractivity contribution is -0.137. The molecule has 0 rings (SSSR count). The minimum Gasteiger partial charge on any atom is -0.481 e. The van der Waals surface area contributed by atoms with E-state index in [4.69, 9.17) is 5.11 Å². The number of hydrogen-bond acceptors (Lipinski definition) is 2. The summed E-state index contributed by atoms with van der Waals surface area (Å²) in [5.41, 5.74) is -0.153. The summed E-state index contributed by atoms with van der Waals surface area (Å²) in [4.78, 5) is 10.3. The molecular formula is C7H15O3P. The first-order valence-electron chi connectivity index (χ1n) is 3.64. The van der Waals surface area contributed by atoms with Gasteiger partial charge in [0.2, 0.25) is 0 Å². The monoisotopic (exact) mass is 178 g/mol. The van der Waals surface area contributed by atoms with Crippen LogP contribution in [0.1, 0.15) is 19.8 Å². The zero-order chi connectivity index (χ0) is 9.07. The molecule has 4 heteroatoms. The first-order chi connectivity index (χ1) is 4.88. The summed E-state index contributed by atoms with van der Waals surface area (Å²) in [5.74, 6) is -0.860. The van der Waals surface area contributed by atoms with E-state index >= 15 is 0 Å². The molecule has 0 spiro atoms. The average molecular weight is 178 g/mol. The molecule has 0 heterocycles. The fourth-order valence-electron chi connectivity index (χ4n) is 1.01. The minimum atomic E-state index is -2.21. The van der Waals surface area contributed by atoms with Crippen molar-refractivity contribution in [3.63, 3.8) is 0 Å². The molecule has 0 saturated heterocycles. The van der Waals surface area contributed by atoms with E-state index in [1.165, 1.54) is 0 Å². The van der Waals surface area contributed by atoms with E-state index in [0.717, 1.165) is 0 Å². The summed E-state index contributed by atoms with van der Waals surface area (Å²) in [6, 6.07) is 0. The molecule has 1 atom stereocenters. The zero-order valence-corrected chi connectivity index (χ0v) is 8.10. The Balaban J connectivity index is 4.19. The average Bonchev–Trinajstić information content (AvgIpc) is 1.79. The molecule has 0 saturated carbocycles. The normalized spacial score (nSPS) is 14.5. The Morgan fingerprint density at radius 2 is 2.00 bits per heavy atom. The third-order valence-electron chi connectivity index (χ3n) is 1.76. The lowest BCUT2D eigenvalue weighted by Gasteiger charge is -2.16. The summed E-state index contributed by atoms with van der Waals surface area (Å²) in [6.07, 6.45) is 0.706. The van der Waals surface area contributed by atoms with Crippen molar-refractivity contribution in [2.75, 3.05) is 13.3 Å². The van der Waals surface area contributed by atoms with Gasteiger partial charge in [0.05, 0.1) is 13.6 Å². The van der Waals surface area contributed by atoms with Crippen LogP contribution in [0.25, 0.3) is 0 Å². The van der Waals surface area contributed by atoms with Crippen LogP contribution in [0, 0.1) is 0 Å². The second kappa shape index (κ2) is 3.91. The Labute approximate surface area is 67.2 Å². The van der Waals surface area contributed by atoms with Gasteiger partial charge in [0.25, 0.3) is 0 Å². The van der Waals surface area contributed by atoms with Crippen LogP contribution in [0.5, 0.6) is 0 Å². The van der Waals surface area contributed by atoms with Crippen molar-refractivity contribution in [3.8, 4) is 0 Å². The smallest absolute Gasteiger partial charge is 0.304 e. The Morgan fingerprint density at radius 1 is 1.55 bits per heavy atom. The maximum Gasteiger partial charge on any atom is 0.304 e. The van der Waals surface area contributed by atoms with E-state index < -0.39 is 13.1 Å². The van der Waals surface area contributed by atoms with Gasteiger partial charge in [0.15, 0.2) is 0 Å². The van der Waals surface area contributed by atoms with E-state index in [9.17, 15) is 9.36 Å². The van der Waals surface area contributed by atoms with E-state index in [1.54, 1.807) is 13.3 Å². The highest BCUT2D eigenvalue weighted by Gasteiger charge is 2.23. The molecule has 0 aliphatic carbocycles. The van der Waals surface area contributed by atoms with Crippen LogP contribution in [-0.4, -0.2) is 30.1 Å². The van der Waals surface area contributed by atoms with Gasteiger partial charge < -0.3 is 9.67 Å². The number of carboxylic acids is 1. The van der Waals surface area contributed by atoms with Crippen LogP contribution in [-0.2, 0) is 9.36 Å². The third-order valence-corrected chi connectivity index (χ3v) is 4.07. The lowest BCUT2D eigenvalue weighted by Crippen LogP contribution is -2.12. The maximum absolute atomic E-state index is 11.4. The molecule has 0 aromatic rings. The molecule has 1 unspecified atom stereocenters. The number of aliphatic carboxylic acids is 1. The first kappa shape index (κ1) is 10.7. The molecule has 0 aromatic carbocycles. The minimum absolute atomic E-state index is 0.0285. The van der Waals surface area contributed by atoms with Crippen molar-refractivity contribution < 1.29 is 14.5 Å². The first-order valence-corrected chi connectivity index (χ1v) is 6.31. The summed E-state index contributed by atoms with van der Waals surface area (Å²) in [7, 11) is -2.21. The highest BCUT2D eigenvalue weighted by atomic mass is 31.2. The van der Waals surface area contributed by atoms with Crippen molar-refractivity contribution in [2.45, 2.75) is 25.4 Å². The Morgan fingerprint density at radius 3 is 2.09 bits per heavy atom. The fraction of sp³-hybridized carbons (Fsp3) is 0.857. The Bertz CT molecular complexity index is 182. The van der Waals surface area contributed by atoms with Crippen LogP contribution < -0.4 is 0 Å². The zero-order valence-electron chi connectivity index (χ0n) is 7.20. The molecule has 66 valence electrons. The third kappa shape index (κ3) is 4.20. The molecule has 0 bridgehead atoms. The van der Waals surface area contributed by atoms with Crippen LogP contribution in [0.3, 0.4) is 0 Å². The predicted molar refractivity (Wildman–Crippen MR) is 45.8 cm³/mol. The topological polar surface area (TPSA) is 54.4 Å². The van der Waals surface area contributed by atoms with Crippen LogP contribution in [0.2, 0.25) is 0 Å². The van der Waals surface area contributed by atoms with E-state index in [0.29, 0.717) is 6.42 Å². The standard InChI is InChI=1S/C7H15O3P/c1-4-6(5-7(8)9)11(2,3)10/h6H,4-5H2,1-3H3,(H,8,9). The van der Waals surface area contributed by atoms with Gasteiger partial charge in [-0.25, -0.2) is 0 Å². The predicted octanol–water partition coefficient (Wildman–Crippen LogP) is 1.86. The van der Waals surface area contributed by atoms with Gasteiger partial charge in [-0.3, -0.25) is 4.79 Å². The Hall–Kier alpha value is -0.300. The van der Waals surface area contributed by atoms with Crippen molar-refractivity contribution in [2.24, 2.45) is 0 Å². The summed E-state index contributed by atoms with van der Waals surface area (Å²) < 4.78 is 11.4. The quantitative estimate of drug-likeness (QED) is 0.668. The van der Waals surface area contributed by atoms with Gasteiger partial charge in [0.1, 0.15) is 0 Å². The van der Waals surface area contributed by atoms with Crippen LogP contribution in [0.15, 0.2) is 0 Å². The number of hydrogen-bond donors (Lipinski definition) is 1. The largest absolute Gasteiger partial charge is 0.481 e. The van der Waals surface area contributed by atoms with Gasteiger partial charge in [-0.2, -0.15) is 0 Å². The molecule has 0 aliphatic rings. The number of rotatable bonds is 4. The van der Waals surface area contributed by atoms with Gasteiger partial charge in [-0.15, -0.1) is 0 Å². The van der Waals surface area contributed by atoms with Gasteiger partial charge in [-0.05, 0) is 19.8 Å². The van der Waals surface area contributed by atoms with Crippen molar-refractivity contribution in [1.29, 1.82) is 0 Å². The molecule has 3 nitrogen and oxygen atoms in total. The molecule has 0 aliphatic heterocycles. The van der Waals surface area contributed by atoms with Crippen molar-refractivity contribution in [1.82, 2.24) is 0 Å². The van der Waals surface area contributed by atoms with Gasteiger partial charge >= 0.3 is 5.97 Å². The number of carbonyl (C=O) groups is 1. The van der Waals surface area contributed by atoms with Crippen molar-refractivity contribution >= 4 is 13.1 Å². The Kier molecular flexibility index (Phi) is 3.81. The summed E-state index contributed by atoms with van der Waals surface area (Å²) >= 11 is 0. The molecule has 0 aromatic heterocycles. The number of carboxylic acid groups (broad SMARTS) is 1. The summed E-state index contributed by atoms with van der Waals surface area (Å²) in [6.45, 7) is 5.15. The van der Waals surface area contributed by atoms with E-state index in [2.05, 4.69) is 0 Å². The fourth-order valence-corrected chi connectivity index (χ4v) is 2.48. The summed E-state index contributed by atoms with van der Waals surface area (Å²) in [5, 5.41) is 8.46. The molecule has 0 amide bonds. The highest BCUT2D eigenvalue weighted by molar-refractivity contribution is 7.63. The second-order valence-corrected chi connectivity index (χ2v) is 6.69. The molecule has 1 N–H and O–H groups in total. The second-order valence-electron chi connectivity index (χ2n) is 3.09. The highest BCUT2D eigenvalue weighted by Crippen LogP contribution is 2.45. The maximum atomic E-state index is 11.4. The lowest BCUT2D eigenvalue weighted by atomic mass is 10.2. The molecule has 11 heavy (non-hydrogen) atoms. The molecule has 0 radical (unpaired) electrons. The van der Waals surface area contributed by atoms with E-state index in [-0.39, 0.29) is 12.1 Å². The van der Waals surface area contributed by atoms with E-state index in [1.807, 2.05) is 6.92 Å². The molecular weight excluding hydrogens is 163 g/mol. The van der Waals surface area contributed by atoms with Crippen molar-refractivity contribution in [3.05, 3.63) is 0 Å². The van der Waals surface area contributed by atoms with Gasteiger partial charge in [-0.1, -0.05) is 6.92 Å². The van der Waals surface area contributed by atoms with Crippen LogP contribution in [0.4, 0.5) is 0 Å². The van der Waals surface area contributed by atoms with Gasteiger partial charge in [0, 0.05) is 5.66 Å².